The lowest BCUT2D eigenvalue weighted by Crippen LogP contribution is -2.07. The highest BCUT2D eigenvalue weighted by Crippen LogP contribution is 2.19. The van der Waals surface area contributed by atoms with Gasteiger partial charge >= 0.3 is 0 Å². The van der Waals surface area contributed by atoms with Crippen LogP contribution in [0.15, 0.2) is 28.7 Å². The first-order valence-electron chi connectivity index (χ1n) is 5.63. The highest BCUT2D eigenvalue weighted by Gasteiger charge is 2.12. The first-order chi connectivity index (χ1) is 7.65. The number of rotatable bonds is 4. The van der Waals surface area contributed by atoms with E-state index in [9.17, 15) is 0 Å². The first-order valence-corrected chi connectivity index (χ1v) is 6.07. The molecule has 1 heterocycles. The summed E-state index contributed by atoms with van der Waals surface area (Å²) in [6, 6.07) is 7.79. The summed E-state index contributed by atoms with van der Waals surface area (Å²) < 4.78 is 5.62. The van der Waals surface area contributed by atoms with E-state index in [1.54, 1.807) is 0 Å². The fourth-order valence-corrected chi connectivity index (χ4v) is 2.28. The highest BCUT2D eigenvalue weighted by molar-refractivity contribution is 6.20. The van der Waals surface area contributed by atoms with E-state index in [1.807, 2.05) is 24.3 Å². The lowest BCUT2D eigenvalue weighted by atomic mass is 10.1. The Morgan fingerprint density at radius 1 is 1.31 bits per heavy atom. The predicted molar refractivity (Wildman–Crippen MR) is 66.8 cm³/mol. The minimum atomic E-state index is 0.105. The Kier molecular flexibility index (Phi) is 3.49. The number of hydrogen-bond donors (Lipinski definition) is 0. The Morgan fingerprint density at radius 3 is 2.75 bits per heavy atom. The van der Waals surface area contributed by atoms with E-state index in [4.69, 9.17) is 16.0 Å². The van der Waals surface area contributed by atoms with Crippen LogP contribution in [0.3, 0.4) is 0 Å². The Bertz CT molecular complexity index is 431. The fraction of sp³-hybridized carbons (Fsp3) is 0.462. The van der Waals surface area contributed by atoms with Crippen LogP contribution in [-0.2, 0) is 6.42 Å². The number of para-hydroxylation sites is 2. The largest absolute Gasteiger partial charge is 0.441 e. The summed E-state index contributed by atoms with van der Waals surface area (Å²) in [5, 5.41) is 0.105. The zero-order valence-corrected chi connectivity index (χ0v) is 10.4. The van der Waals surface area contributed by atoms with E-state index in [-0.39, 0.29) is 5.38 Å². The zero-order valence-electron chi connectivity index (χ0n) is 9.61. The van der Waals surface area contributed by atoms with Crippen molar-refractivity contribution in [2.24, 2.45) is 5.92 Å². The number of nitrogens with zero attached hydrogens (tertiary/aromatic N) is 1. The molecule has 2 nitrogen and oxygen atoms in total. The number of fused-ring (bicyclic) bond motifs is 1. The molecule has 1 aromatic heterocycles. The maximum Gasteiger partial charge on any atom is 0.196 e. The number of halogens is 1. The fourth-order valence-electron chi connectivity index (χ4n) is 1.79. The smallest absolute Gasteiger partial charge is 0.196 e. The van der Waals surface area contributed by atoms with Crippen molar-refractivity contribution in [1.29, 1.82) is 0 Å². The zero-order chi connectivity index (χ0) is 11.5. The van der Waals surface area contributed by atoms with E-state index in [1.165, 1.54) is 0 Å². The molecule has 1 atom stereocenters. The number of alkyl halides is 1. The second kappa shape index (κ2) is 4.88. The van der Waals surface area contributed by atoms with Crippen molar-refractivity contribution >= 4 is 22.7 Å². The van der Waals surface area contributed by atoms with Gasteiger partial charge in [-0.3, -0.25) is 0 Å². The van der Waals surface area contributed by atoms with Crippen LogP contribution in [0.5, 0.6) is 0 Å². The molecule has 0 N–H and O–H groups in total. The lowest BCUT2D eigenvalue weighted by molar-refractivity contribution is 0.491. The topological polar surface area (TPSA) is 26.0 Å². The van der Waals surface area contributed by atoms with Crippen molar-refractivity contribution in [1.82, 2.24) is 4.98 Å². The Labute approximate surface area is 101 Å². The summed E-state index contributed by atoms with van der Waals surface area (Å²) in [5.74, 6) is 1.34. The molecule has 2 aromatic rings. The maximum atomic E-state index is 6.24. The van der Waals surface area contributed by atoms with Gasteiger partial charge in [0.25, 0.3) is 0 Å². The molecule has 0 radical (unpaired) electrons. The standard InChI is InChI=1S/C13H16ClNO/c1-9(2)7-10(14)8-13-15-11-5-3-4-6-12(11)16-13/h3-6,9-10H,7-8H2,1-2H3. The minimum Gasteiger partial charge on any atom is -0.441 e. The molecule has 0 saturated heterocycles. The molecule has 1 aromatic carbocycles. The van der Waals surface area contributed by atoms with Gasteiger partial charge < -0.3 is 4.42 Å². The Hall–Kier alpha value is -1.02. The second-order valence-electron chi connectivity index (χ2n) is 4.51. The van der Waals surface area contributed by atoms with Gasteiger partial charge in [0.1, 0.15) is 5.52 Å². The van der Waals surface area contributed by atoms with Crippen LogP contribution in [-0.4, -0.2) is 10.4 Å². The van der Waals surface area contributed by atoms with Gasteiger partial charge in [0, 0.05) is 11.8 Å². The molecule has 0 saturated carbocycles. The monoisotopic (exact) mass is 237 g/mol. The number of hydrogen-bond acceptors (Lipinski definition) is 2. The number of benzene rings is 1. The summed E-state index contributed by atoms with van der Waals surface area (Å²) >= 11 is 6.24. The molecular formula is C13H16ClNO. The summed E-state index contributed by atoms with van der Waals surface area (Å²) in [6.07, 6.45) is 1.69. The molecule has 0 amide bonds. The Balaban J connectivity index is 2.09. The van der Waals surface area contributed by atoms with E-state index in [0.717, 1.165) is 23.4 Å². The van der Waals surface area contributed by atoms with Crippen LogP contribution in [0.25, 0.3) is 11.1 Å². The normalized spacial score (nSPS) is 13.5. The molecule has 2 rings (SSSR count). The summed E-state index contributed by atoms with van der Waals surface area (Å²) in [4.78, 5) is 4.41. The molecule has 1 unspecified atom stereocenters. The molecule has 86 valence electrons. The molecular weight excluding hydrogens is 222 g/mol. The van der Waals surface area contributed by atoms with Gasteiger partial charge in [-0.05, 0) is 24.5 Å². The van der Waals surface area contributed by atoms with Gasteiger partial charge in [-0.15, -0.1) is 11.6 Å². The van der Waals surface area contributed by atoms with Gasteiger partial charge in [0.15, 0.2) is 11.5 Å². The van der Waals surface area contributed by atoms with Gasteiger partial charge in [0.05, 0.1) is 0 Å². The first kappa shape index (κ1) is 11.5. The average molecular weight is 238 g/mol. The molecule has 0 aliphatic carbocycles. The molecule has 0 spiro atoms. The highest BCUT2D eigenvalue weighted by atomic mass is 35.5. The third-order valence-electron chi connectivity index (χ3n) is 2.46. The third kappa shape index (κ3) is 2.76. The van der Waals surface area contributed by atoms with Crippen LogP contribution in [0, 0.1) is 5.92 Å². The SMILES string of the molecule is CC(C)CC(Cl)Cc1nc2ccccc2o1. The van der Waals surface area contributed by atoms with Crippen LogP contribution in [0.4, 0.5) is 0 Å². The third-order valence-corrected chi connectivity index (χ3v) is 2.79. The molecule has 0 bridgehead atoms. The minimum absolute atomic E-state index is 0.105. The molecule has 3 heteroatoms. The quantitative estimate of drug-likeness (QED) is 0.751. The van der Waals surface area contributed by atoms with Gasteiger partial charge in [-0.2, -0.15) is 0 Å². The van der Waals surface area contributed by atoms with Crippen LogP contribution >= 0.6 is 11.6 Å². The molecule has 0 aliphatic rings. The van der Waals surface area contributed by atoms with Crippen molar-refractivity contribution in [3.05, 3.63) is 30.2 Å². The molecule has 0 aliphatic heterocycles. The van der Waals surface area contributed by atoms with Crippen LogP contribution in [0.1, 0.15) is 26.2 Å². The maximum absolute atomic E-state index is 6.24. The Morgan fingerprint density at radius 2 is 2.06 bits per heavy atom. The van der Waals surface area contributed by atoms with E-state index >= 15 is 0 Å². The second-order valence-corrected chi connectivity index (χ2v) is 5.12. The van der Waals surface area contributed by atoms with Crippen molar-refractivity contribution in [3.63, 3.8) is 0 Å². The van der Waals surface area contributed by atoms with E-state index in [0.29, 0.717) is 12.3 Å². The van der Waals surface area contributed by atoms with Crippen molar-refractivity contribution in [2.75, 3.05) is 0 Å². The average Bonchev–Trinajstić information content (AvgIpc) is 2.57. The summed E-state index contributed by atoms with van der Waals surface area (Å²) in [7, 11) is 0. The summed E-state index contributed by atoms with van der Waals surface area (Å²) in [5.41, 5.74) is 1.75. The van der Waals surface area contributed by atoms with Gasteiger partial charge in [0.2, 0.25) is 0 Å². The summed E-state index contributed by atoms with van der Waals surface area (Å²) in [6.45, 7) is 4.34. The van der Waals surface area contributed by atoms with Gasteiger partial charge in [-0.25, -0.2) is 4.98 Å². The van der Waals surface area contributed by atoms with Crippen LogP contribution in [0.2, 0.25) is 0 Å². The number of oxazole rings is 1. The van der Waals surface area contributed by atoms with E-state index in [2.05, 4.69) is 18.8 Å². The van der Waals surface area contributed by atoms with E-state index < -0.39 is 0 Å². The number of aromatic nitrogens is 1. The van der Waals surface area contributed by atoms with Gasteiger partial charge in [-0.1, -0.05) is 26.0 Å². The predicted octanol–water partition coefficient (Wildman–Crippen LogP) is 4.02. The van der Waals surface area contributed by atoms with Crippen molar-refractivity contribution in [2.45, 2.75) is 32.1 Å². The molecule has 16 heavy (non-hydrogen) atoms. The van der Waals surface area contributed by atoms with Crippen LogP contribution < -0.4 is 0 Å². The molecule has 0 fully saturated rings. The lowest BCUT2D eigenvalue weighted by Gasteiger charge is -2.08. The van der Waals surface area contributed by atoms with Crippen molar-refractivity contribution in [3.8, 4) is 0 Å². The van der Waals surface area contributed by atoms with Crippen molar-refractivity contribution < 1.29 is 4.42 Å².